The lowest BCUT2D eigenvalue weighted by Gasteiger charge is -2.13. The van der Waals surface area contributed by atoms with Gasteiger partial charge < -0.3 is 15.2 Å². The van der Waals surface area contributed by atoms with Gasteiger partial charge in [-0.3, -0.25) is 9.67 Å². The maximum atomic E-state index is 4.29. The molecule has 8 heteroatoms. The Morgan fingerprint density at radius 3 is 2.85 bits per heavy atom. The highest BCUT2D eigenvalue weighted by atomic mass is 15.3. The Labute approximate surface area is 159 Å². The summed E-state index contributed by atoms with van der Waals surface area (Å²) in [6.07, 6.45) is 6.41. The predicted octanol–water partition coefficient (Wildman–Crippen LogP) is 1.45. The number of hydrogen-bond donors (Lipinski definition) is 2. The minimum atomic E-state index is 0.708. The number of hydrogen-bond acceptors (Lipinski definition) is 4. The van der Waals surface area contributed by atoms with Gasteiger partial charge in [0.2, 0.25) is 0 Å². The van der Waals surface area contributed by atoms with Crippen LogP contribution in [0.2, 0.25) is 0 Å². The number of aryl methyl sites for hydroxylation is 1. The van der Waals surface area contributed by atoms with Gasteiger partial charge in [-0.05, 0) is 17.2 Å². The molecule has 0 unspecified atom stereocenters. The highest BCUT2D eigenvalue weighted by Gasteiger charge is 2.03. The van der Waals surface area contributed by atoms with Crippen molar-refractivity contribution in [3.8, 4) is 0 Å². The molecule has 0 saturated heterocycles. The molecular weight excluding hydrogens is 340 g/mol. The van der Waals surface area contributed by atoms with Gasteiger partial charge in [-0.2, -0.15) is 5.10 Å². The number of rotatable bonds is 8. The molecule has 8 nitrogen and oxygen atoms in total. The van der Waals surface area contributed by atoms with Crippen molar-refractivity contribution in [3.05, 3.63) is 66.0 Å². The third-order valence-electron chi connectivity index (χ3n) is 4.24. The normalized spacial score (nSPS) is 11.6. The highest BCUT2D eigenvalue weighted by Crippen LogP contribution is 2.07. The van der Waals surface area contributed by atoms with Crippen molar-refractivity contribution in [1.29, 1.82) is 0 Å². The Hall–Kier alpha value is -3.16. The molecule has 0 amide bonds. The molecule has 0 aliphatic rings. The number of benzene rings is 1. The molecule has 27 heavy (non-hydrogen) atoms. The van der Waals surface area contributed by atoms with Crippen molar-refractivity contribution in [2.24, 2.45) is 4.99 Å². The van der Waals surface area contributed by atoms with E-state index in [0.29, 0.717) is 6.54 Å². The third-order valence-corrected chi connectivity index (χ3v) is 4.24. The number of aromatic nitrogens is 5. The Bertz CT molecular complexity index is 850. The maximum Gasteiger partial charge on any atom is 0.191 e. The fraction of sp³-hybridized carbons (Fsp3) is 0.368. The van der Waals surface area contributed by atoms with E-state index in [2.05, 4.69) is 66.7 Å². The monoisotopic (exact) mass is 366 g/mol. The van der Waals surface area contributed by atoms with E-state index in [4.69, 9.17) is 0 Å². The molecule has 0 fully saturated rings. The van der Waals surface area contributed by atoms with Gasteiger partial charge in [-0.25, -0.2) is 0 Å². The Balaban J connectivity index is 1.47. The summed E-state index contributed by atoms with van der Waals surface area (Å²) in [4.78, 5) is 4.29. The van der Waals surface area contributed by atoms with E-state index in [1.165, 1.54) is 11.1 Å². The summed E-state index contributed by atoms with van der Waals surface area (Å²) < 4.78 is 3.97. The molecule has 2 heterocycles. The Morgan fingerprint density at radius 1 is 1.19 bits per heavy atom. The molecule has 0 spiro atoms. The van der Waals surface area contributed by atoms with Crippen LogP contribution in [-0.4, -0.2) is 44.1 Å². The quantitative estimate of drug-likeness (QED) is 0.466. The van der Waals surface area contributed by atoms with Gasteiger partial charge in [-0.15, -0.1) is 10.2 Å². The summed E-state index contributed by atoms with van der Waals surface area (Å²) in [6, 6.07) is 10.4. The van der Waals surface area contributed by atoms with Crippen molar-refractivity contribution in [2.45, 2.75) is 33.0 Å². The van der Waals surface area contributed by atoms with Crippen molar-refractivity contribution >= 4 is 5.96 Å². The van der Waals surface area contributed by atoms with Crippen LogP contribution in [-0.2, 0) is 26.1 Å². The average molecular weight is 366 g/mol. The molecule has 2 N–H and O–H groups in total. The first-order chi connectivity index (χ1) is 13.3. The molecule has 0 atom stereocenters. The molecular formula is C19H26N8. The summed E-state index contributed by atoms with van der Waals surface area (Å²) in [5.41, 5.74) is 2.43. The predicted molar refractivity (Wildman–Crippen MR) is 105 cm³/mol. The van der Waals surface area contributed by atoms with Gasteiger partial charge in [0.1, 0.15) is 12.2 Å². The first kappa shape index (κ1) is 18.6. The molecule has 0 bridgehead atoms. The number of guanidine groups is 1. The maximum absolute atomic E-state index is 4.29. The van der Waals surface area contributed by atoms with Gasteiger partial charge in [0.05, 0.1) is 6.54 Å². The van der Waals surface area contributed by atoms with Crippen LogP contribution < -0.4 is 10.6 Å². The number of nitrogens with one attached hydrogen (secondary N) is 2. The fourth-order valence-electron chi connectivity index (χ4n) is 2.86. The SMILES string of the molecule is CCc1nncn1CCNC(=NC)NCc1cccc(Cn2cccn2)c1. The van der Waals surface area contributed by atoms with E-state index < -0.39 is 0 Å². The van der Waals surface area contributed by atoms with E-state index >= 15 is 0 Å². The van der Waals surface area contributed by atoms with Crippen LogP contribution in [0.4, 0.5) is 0 Å². The van der Waals surface area contributed by atoms with Gasteiger partial charge in [0.25, 0.3) is 0 Å². The minimum absolute atomic E-state index is 0.708. The molecule has 0 saturated carbocycles. The van der Waals surface area contributed by atoms with Crippen molar-refractivity contribution in [2.75, 3.05) is 13.6 Å². The average Bonchev–Trinajstić information content (AvgIpc) is 3.36. The Kier molecular flexibility index (Phi) is 6.56. The first-order valence-corrected chi connectivity index (χ1v) is 9.15. The van der Waals surface area contributed by atoms with Gasteiger partial charge in [0, 0.05) is 45.5 Å². The van der Waals surface area contributed by atoms with Crippen molar-refractivity contribution in [3.63, 3.8) is 0 Å². The summed E-state index contributed by atoms with van der Waals surface area (Å²) in [5, 5.41) is 19.0. The first-order valence-electron chi connectivity index (χ1n) is 9.15. The second kappa shape index (κ2) is 9.51. The van der Waals surface area contributed by atoms with Crippen LogP contribution in [0.25, 0.3) is 0 Å². The summed E-state index contributed by atoms with van der Waals surface area (Å²) in [6.45, 7) is 5.11. The third kappa shape index (κ3) is 5.40. The van der Waals surface area contributed by atoms with E-state index in [9.17, 15) is 0 Å². The lowest BCUT2D eigenvalue weighted by Crippen LogP contribution is -2.38. The summed E-state index contributed by atoms with van der Waals surface area (Å²) >= 11 is 0. The van der Waals surface area contributed by atoms with Crippen LogP contribution in [0.1, 0.15) is 23.9 Å². The molecule has 0 aliphatic carbocycles. The fourth-order valence-corrected chi connectivity index (χ4v) is 2.86. The topological polar surface area (TPSA) is 85.0 Å². The molecule has 0 radical (unpaired) electrons. The van der Waals surface area contributed by atoms with Crippen LogP contribution in [0.5, 0.6) is 0 Å². The Morgan fingerprint density at radius 2 is 2.07 bits per heavy atom. The lowest BCUT2D eigenvalue weighted by atomic mass is 10.1. The molecule has 1 aromatic carbocycles. The highest BCUT2D eigenvalue weighted by molar-refractivity contribution is 5.79. The summed E-state index contributed by atoms with van der Waals surface area (Å²) in [5.74, 6) is 1.77. The van der Waals surface area contributed by atoms with Crippen LogP contribution in [0.3, 0.4) is 0 Å². The molecule has 2 aromatic heterocycles. The minimum Gasteiger partial charge on any atom is -0.355 e. The summed E-state index contributed by atoms with van der Waals surface area (Å²) in [7, 11) is 1.78. The van der Waals surface area contributed by atoms with Gasteiger partial charge in [-0.1, -0.05) is 31.2 Å². The van der Waals surface area contributed by atoms with E-state index in [1.807, 2.05) is 16.9 Å². The largest absolute Gasteiger partial charge is 0.355 e. The zero-order valence-corrected chi connectivity index (χ0v) is 15.8. The van der Waals surface area contributed by atoms with E-state index in [0.717, 1.165) is 37.8 Å². The van der Waals surface area contributed by atoms with Gasteiger partial charge in [0.15, 0.2) is 5.96 Å². The van der Waals surface area contributed by atoms with Crippen LogP contribution in [0, 0.1) is 0 Å². The van der Waals surface area contributed by atoms with E-state index in [-0.39, 0.29) is 0 Å². The van der Waals surface area contributed by atoms with Gasteiger partial charge >= 0.3 is 0 Å². The second-order valence-corrected chi connectivity index (χ2v) is 6.17. The van der Waals surface area contributed by atoms with Crippen molar-refractivity contribution < 1.29 is 0 Å². The second-order valence-electron chi connectivity index (χ2n) is 6.17. The van der Waals surface area contributed by atoms with Crippen molar-refractivity contribution in [1.82, 2.24) is 35.2 Å². The molecule has 0 aliphatic heterocycles. The lowest BCUT2D eigenvalue weighted by molar-refractivity contribution is 0.632. The molecule has 3 aromatic rings. The zero-order valence-electron chi connectivity index (χ0n) is 15.8. The van der Waals surface area contributed by atoms with Crippen LogP contribution in [0.15, 0.2) is 54.0 Å². The number of nitrogens with zero attached hydrogens (tertiary/aromatic N) is 6. The number of aliphatic imine (C=N–C) groups is 1. The molecule has 142 valence electrons. The van der Waals surface area contributed by atoms with Crippen LogP contribution >= 0.6 is 0 Å². The standard InChI is InChI=1S/C19H26N8/c1-3-18-25-23-15-26(18)11-9-21-19(20-2)22-13-16-6-4-7-17(12-16)14-27-10-5-8-24-27/h4-8,10,12,15H,3,9,11,13-14H2,1-2H3,(H2,20,21,22). The molecule has 3 rings (SSSR count). The smallest absolute Gasteiger partial charge is 0.191 e. The van der Waals surface area contributed by atoms with E-state index in [1.54, 1.807) is 19.6 Å². The zero-order chi connectivity index (χ0) is 18.9.